The molecule has 69 heavy (non-hydrogen) atoms. The third-order valence-corrected chi connectivity index (χ3v) is 8.20. The Labute approximate surface area is 393 Å². The van der Waals surface area contributed by atoms with Crippen molar-refractivity contribution in [3.63, 3.8) is 0 Å². The molecule has 0 radical (unpaired) electrons. The van der Waals surface area contributed by atoms with Crippen molar-refractivity contribution < 1.29 is 38.7 Å². The Morgan fingerprint density at radius 2 is 0.928 bits per heavy atom. The van der Waals surface area contributed by atoms with Crippen molar-refractivity contribution in [3.8, 4) is 0 Å². The number of nitrogens with zero attached hydrogens (tertiary/aromatic N) is 6. The number of nitrogens with two attached hydrogens (primary N) is 10. The summed E-state index contributed by atoms with van der Waals surface area (Å²) in [6.45, 7) is 0. The van der Waals surface area contributed by atoms with E-state index in [2.05, 4.69) is 40.9 Å². The lowest BCUT2D eigenvalue weighted by molar-refractivity contribution is -0.136. The number of primary amides is 1. The Hall–Kier alpha value is -9.58. The van der Waals surface area contributed by atoms with Gasteiger partial charge in [-0.1, -0.05) is 72.8 Å². The zero-order valence-electron chi connectivity index (χ0n) is 37.0. The number of guanidine groups is 4. The van der Waals surface area contributed by atoms with E-state index < -0.39 is 108 Å². The molecule has 2 aromatic rings. The van der Waals surface area contributed by atoms with Crippen LogP contribution in [0.3, 0.4) is 0 Å². The van der Waals surface area contributed by atoms with Crippen molar-refractivity contribution in [2.75, 3.05) is 19.0 Å². The highest BCUT2D eigenvalue weighted by Gasteiger charge is 2.34. The van der Waals surface area contributed by atoms with Crippen molar-refractivity contribution in [2.24, 2.45) is 82.3 Å². The Balaban J connectivity index is 2.29. The molecule has 2 rings (SSSR count). The smallest absolute Gasteiger partial charge is 0.272 e. The highest BCUT2D eigenvalue weighted by atomic mass is 16.3. The summed E-state index contributed by atoms with van der Waals surface area (Å²) in [5.41, 5.74) is 56.3. The molecule has 0 bridgehead atoms. The van der Waals surface area contributed by atoms with Crippen LogP contribution in [0.15, 0.2) is 110 Å². The molecule has 0 spiro atoms. The minimum atomic E-state index is -2.18. The van der Waals surface area contributed by atoms with Gasteiger partial charge >= 0.3 is 0 Å². The lowest BCUT2D eigenvalue weighted by atomic mass is 10.1. The molecule has 7 atom stereocenters. The van der Waals surface area contributed by atoms with Gasteiger partial charge in [0.25, 0.3) is 35.4 Å². The number of hydrogen-bond acceptors (Lipinski definition) is 15. The lowest BCUT2D eigenvalue weighted by Gasteiger charge is -2.24. The van der Waals surface area contributed by atoms with E-state index in [-0.39, 0.29) is 5.56 Å². The maximum atomic E-state index is 13.8. The van der Waals surface area contributed by atoms with E-state index in [9.17, 15) is 38.7 Å². The molecule has 30 heteroatoms. The fourth-order valence-corrected chi connectivity index (χ4v) is 5.04. The first kappa shape index (κ1) is 55.6. The van der Waals surface area contributed by atoms with E-state index in [0.717, 1.165) is 17.5 Å². The molecular formula is C39H56N22O8. The molecule has 370 valence electrons. The minimum Gasteiger partial charge on any atom is -0.378 e. The largest absolute Gasteiger partial charge is 0.378 e. The fourth-order valence-electron chi connectivity index (χ4n) is 5.04. The standard InChI is InChI=1S/C39H56N22O8/c1-61(2)21-16-14-19(15-17-21)11-7-4-3-5-10-18-50-34(68)35(69)51-22(20-12-8-6-9-13-20)29(63)53-26(58-37(44)45)31(65)55-28(60-39(48)49)33(67)56-27(59-38(46)47)32(66)54-25(57-36(42)43)30(64)52-23(40)24(41)62/h3-18,22-23,25-28,34,68H,40H2,1-2H3,(H2,41,62)(H,51,69)(H,52,64)(H,53,63)(H,54,66)(H,55,65)(H,56,67)(H4,42,43,57)(H4,44,45,58)(H4,46,47,59)(H4,48,49,60)/b4-3-,10-5+,11-7+,50-18+. The Morgan fingerprint density at radius 1 is 0.522 bits per heavy atom. The van der Waals surface area contributed by atoms with Crippen molar-refractivity contribution in [1.29, 1.82) is 0 Å². The fraction of sp³-hybridized carbons (Fsp3) is 0.231. The SMILES string of the molecule is CN(C)c1ccc(/C=C/C=C\C=C\C=N\C(O)C(=O)NC(C(=O)NC(N=C(N)N)C(=O)NC(N=C(N)N)C(=O)NC(N=C(N)N)C(=O)NC(N=C(N)N)C(=O)NC(N)C(N)=O)c2ccccc2)cc1. The van der Waals surface area contributed by atoms with Gasteiger partial charge in [0.05, 0.1) is 0 Å². The second-order valence-electron chi connectivity index (χ2n) is 13.9. The third-order valence-electron chi connectivity index (χ3n) is 8.20. The van der Waals surface area contributed by atoms with Gasteiger partial charge in [-0.05, 0) is 29.3 Å². The van der Waals surface area contributed by atoms with Crippen LogP contribution in [0.25, 0.3) is 6.08 Å². The van der Waals surface area contributed by atoms with Gasteiger partial charge in [-0.25, -0.2) is 20.0 Å². The number of anilines is 1. The van der Waals surface area contributed by atoms with Gasteiger partial charge in [-0.3, -0.25) is 38.6 Å². The second-order valence-corrected chi connectivity index (χ2v) is 13.9. The third kappa shape index (κ3) is 20.4. The highest BCUT2D eigenvalue weighted by Crippen LogP contribution is 2.15. The summed E-state index contributed by atoms with van der Waals surface area (Å²) >= 11 is 0. The first-order valence-corrected chi connectivity index (χ1v) is 19.7. The zero-order chi connectivity index (χ0) is 51.8. The average Bonchev–Trinajstić information content (AvgIpc) is 3.27. The summed E-state index contributed by atoms with van der Waals surface area (Å²) in [4.78, 5) is 112. The van der Waals surface area contributed by atoms with Gasteiger partial charge in [-0.15, -0.1) is 0 Å². The number of carbonyl (C=O) groups excluding carboxylic acids is 7. The van der Waals surface area contributed by atoms with Crippen LogP contribution in [0, 0.1) is 0 Å². The monoisotopic (exact) mass is 960 g/mol. The van der Waals surface area contributed by atoms with Gasteiger partial charge in [0.1, 0.15) is 6.04 Å². The van der Waals surface area contributed by atoms with Crippen molar-refractivity contribution in [2.45, 2.75) is 43.1 Å². The van der Waals surface area contributed by atoms with Crippen LogP contribution < -0.4 is 94.1 Å². The van der Waals surface area contributed by atoms with Crippen LogP contribution >= 0.6 is 0 Å². The van der Waals surface area contributed by atoms with Crippen LogP contribution in [0.5, 0.6) is 0 Å². The molecule has 30 nitrogen and oxygen atoms in total. The molecule has 0 heterocycles. The predicted molar refractivity (Wildman–Crippen MR) is 256 cm³/mol. The molecule has 0 aliphatic heterocycles. The van der Waals surface area contributed by atoms with E-state index in [4.69, 9.17) is 57.3 Å². The number of amides is 7. The molecular weight excluding hydrogens is 905 g/mol. The maximum Gasteiger partial charge on any atom is 0.272 e. The zero-order valence-corrected chi connectivity index (χ0v) is 37.0. The van der Waals surface area contributed by atoms with E-state index in [1.165, 1.54) is 30.3 Å². The normalized spacial score (nSPS) is 14.1. The van der Waals surface area contributed by atoms with Crippen LogP contribution in [-0.2, 0) is 33.6 Å². The first-order chi connectivity index (χ1) is 32.5. The topological polar surface area (TPSA) is 537 Å². The first-order valence-electron chi connectivity index (χ1n) is 19.7. The molecule has 2 aromatic carbocycles. The van der Waals surface area contributed by atoms with Crippen LogP contribution in [0.1, 0.15) is 17.2 Å². The molecule has 7 amide bonds. The maximum absolute atomic E-state index is 13.8. The van der Waals surface area contributed by atoms with Crippen molar-refractivity contribution in [1.82, 2.24) is 31.9 Å². The average molecular weight is 961 g/mol. The number of aliphatic hydroxyl groups is 1. The van der Waals surface area contributed by atoms with Crippen LogP contribution in [0.2, 0.25) is 0 Å². The van der Waals surface area contributed by atoms with E-state index >= 15 is 0 Å². The summed E-state index contributed by atoms with van der Waals surface area (Å²) in [5, 5.41) is 23.0. The Morgan fingerprint density at radius 3 is 1.35 bits per heavy atom. The minimum absolute atomic E-state index is 0.146. The number of allylic oxidation sites excluding steroid dienone is 5. The molecule has 7 unspecified atom stereocenters. The number of aliphatic imine (C=N–C) groups is 5. The number of hydrogen-bond donors (Lipinski definition) is 17. The summed E-state index contributed by atoms with van der Waals surface area (Å²) < 4.78 is 0. The molecule has 0 saturated carbocycles. The Bertz CT molecular complexity index is 2370. The van der Waals surface area contributed by atoms with Gasteiger partial charge in [-0.2, -0.15) is 0 Å². The van der Waals surface area contributed by atoms with Gasteiger partial charge in [0.2, 0.25) is 36.8 Å². The second kappa shape index (κ2) is 27.7. The molecule has 0 saturated heterocycles. The molecule has 0 fully saturated rings. The summed E-state index contributed by atoms with van der Waals surface area (Å²) in [6, 6.07) is 13.8. The van der Waals surface area contributed by atoms with Crippen LogP contribution in [-0.4, -0.2) is 128 Å². The summed E-state index contributed by atoms with van der Waals surface area (Å²) in [6.07, 6.45) is -0.924. The molecule has 27 N–H and O–H groups in total. The van der Waals surface area contributed by atoms with Gasteiger partial charge in [0.15, 0.2) is 30.0 Å². The van der Waals surface area contributed by atoms with E-state index in [1.54, 1.807) is 24.3 Å². The molecule has 0 aromatic heterocycles. The Kier molecular flexibility index (Phi) is 22.3. The predicted octanol–water partition coefficient (Wildman–Crippen LogP) is -8.13. The number of rotatable bonds is 24. The molecule has 0 aliphatic carbocycles. The van der Waals surface area contributed by atoms with E-state index in [1.807, 2.05) is 71.4 Å². The van der Waals surface area contributed by atoms with Gasteiger partial charge in [0, 0.05) is 26.0 Å². The highest BCUT2D eigenvalue weighted by molar-refractivity contribution is 5.99. The van der Waals surface area contributed by atoms with Crippen molar-refractivity contribution in [3.05, 3.63) is 96.1 Å². The molecule has 0 aliphatic rings. The summed E-state index contributed by atoms with van der Waals surface area (Å²) in [5.74, 6) is -12.1. The number of carbonyl (C=O) groups is 7. The quantitative estimate of drug-likeness (QED) is 0.0201. The van der Waals surface area contributed by atoms with Crippen LogP contribution in [0.4, 0.5) is 5.69 Å². The lowest BCUT2D eigenvalue weighted by Crippen LogP contribution is -2.60. The summed E-state index contributed by atoms with van der Waals surface area (Å²) in [7, 11) is 3.89. The van der Waals surface area contributed by atoms with E-state index in [0.29, 0.717) is 0 Å². The number of aliphatic hydroxyl groups excluding tert-OH is 1. The van der Waals surface area contributed by atoms with Crippen molar-refractivity contribution >= 4 is 83.2 Å². The number of benzene rings is 2. The number of nitrogens with one attached hydrogen (secondary N) is 6. The van der Waals surface area contributed by atoms with Gasteiger partial charge < -0.3 is 99.2 Å².